The SMILES string of the molecule is Cc1c(COc2cc(OCc3cncc(C#N)c3)c(C=O)cc2Cl)cccc1-c1ccccc1OCCCN1CCC(O)C1. The molecule has 0 aliphatic carbocycles. The largest absolute Gasteiger partial charge is 0.493 e. The number of hydrogen-bond donors (Lipinski definition) is 1. The van der Waals surface area contributed by atoms with E-state index in [0.717, 1.165) is 60.5 Å². The lowest BCUT2D eigenvalue weighted by Crippen LogP contribution is -2.24. The fourth-order valence-corrected chi connectivity index (χ4v) is 5.48. The molecule has 4 aromatic rings. The summed E-state index contributed by atoms with van der Waals surface area (Å²) in [5, 5.41) is 19.2. The molecule has 9 heteroatoms. The van der Waals surface area contributed by atoms with Crippen LogP contribution in [0.3, 0.4) is 0 Å². The first-order chi connectivity index (χ1) is 21.4. The topological polar surface area (TPSA) is 105 Å². The molecule has 0 radical (unpaired) electrons. The summed E-state index contributed by atoms with van der Waals surface area (Å²) in [7, 11) is 0. The highest BCUT2D eigenvalue weighted by Crippen LogP contribution is 2.36. The Morgan fingerprint density at radius 2 is 1.84 bits per heavy atom. The number of ether oxygens (including phenoxy) is 3. The molecule has 3 aromatic carbocycles. The van der Waals surface area contributed by atoms with Crippen LogP contribution in [0.25, 0.3) is 11.1 Å². The van der Waals surface area contributed by atoms with Crippen LogP contribution in [-0.2, 0) is 13.2 Å². The maximum Gasteiger partial charge on any atom is 0.153 e. The second-order valence-electron chi connectivity index (χ2n) is 10.7. The Labute approximate surface area is 262 Å². The lowest BCUT2D eigenvalue weighted by molar-refractivity contribution is 0.111. The summed E-state index contributed by atoms with van der Waals surface area (Å²) >= 11 is 6.48. The highest BCUT2D eigenvalue weighted by atomic mass is 35.5. The molecule has 44 heavy (non-hydrogen) atoms. The van der Waals surface area contributed by atoms with Crippen LogP contribution in [0.1, 0.15) is 45.5 Å². The van der Waals surface area contributed by atoms with Crippen LogP contribution in [-0.4, -0.2) is 53.6 Å². The number of aromatic nitrogens is 1. The molecule has 1 atom stereocenters. The van der Waals surface area contributed by atoms with Crippen LogP contribution in [0, 0.1) is 18.3 Å². The van der Waals surface area contributed by atoms with E-state index in [4.69, 9.17) is 31.1 Å². The van der Waals surface area contributed by atoms with Gasteiger partial charge in [-0.2, -0.15) is 5.26 Å². The molecule has 8 nitrogen and oxygen atoms in total. The molecule has 1 fully saturated rings. The zero-order valence-electron chi connectivity index (χ0n) is 24.5. The van der Waals surface area contributed by atoms with E-state index >= 15 is 0 Å². The smallest absolute Gasteiger partial charge is 0.153 e. The number of aliphatic hydroxyl groups is 1. The molecule has 0 amide bonds. The fraction of sp³-hybridized carbons (Fsp3) is 0.286. The van der Waals surface area contributed by atoms with Gasteiger partial charge in [-0.1, -0.05) is 48.0 Å². The van der Waals surface area contributed by atoms with E-state index in [0.29, 0.717) is 46.1 Å². The minimum Gasteiger partial charge on any atom is -0.493 e. The van der Waals surface area contributed by atoms with Gasteiger partial charge in [0.05, 0.1) is 28.9 Å². The molecule has 226 valence electrons. The number of aliphatic hydroxyl groups excluding tert-OH is 1. The number of nitrogens with zero attached hydrogens (tertiary/aromatic N) is 3. The van der Waals surface area contributed by atoms with Crippen molar-refractivity contribution in [1.29, 1.82) is 5.26 Å². The van der Waals surface area contributed by atoms with E-state index in [9.17, 15) is 9.90 Å². The maximum atomic E-state index is 11.7. The van der Waals surface area contributed by atoms with E-state index in [1.54, 1.807) is 18.3 Å². The minimum atomic E-state index is -0.213. The molecular formula is C35H34ClN3O5. The number of benzene rings is 3. The van der Waals surface area contributed by atoms with Gasteiger partial charge in [0.15, 0.2) is 6.29 Å². The van der Waals surface area contributed by atoms with Crippen molar-refractivity contribution < 1.29 is 24.1 Å². The fourth-order valence-electron chi connectivity index (χ4n) is 5.25. The minimum absolute atomic E-state index is 0.119. The Balaban J connectivity index is 1.27. The Kier molecular flexibility index (Phi) is 10.5. The summed E-state index contributed by atoms with van der Waals surface area (Å²) < 4.78 is 18.3. The summed E-state index contributed by atoms with van der Waals surface area (Å²) in [6.07, 6.45) is 5.27. The molecule has 1 aromatic heterocycles. The molecule has 0 bridgehead atoms. The van der Waals surface area contributed by atoms with Crippen LogP contribution in [0.15, 0.2) is 73.1 Å². The molecule has 0 saturated carbocycles. The standard InChI is InChI=1S/C35H34ClN3O5/c1-24-27(6-4-8-30(24)31-7-2-3-9-33(31)42-13-5-11-39-12-10-29(41)20-39)23-44-35-16-34(28(21-40)15-32(35)36)43-22-26-14-25(17-37)18-38-19-26/h2-4,6-9,14-16,18-19,21,29,41H,5,10-13,20,22-23H2,1H3. The van der Waals surface area contributed by atoms with E-state index in [1.165, 1.54) is 12.3 Å². The third-order valence-electron chi connectivity index (χ3n) is 7.64. The van der Waals surface area contributed by atoms with Gasteiger partial charge in [0, 0.05) is 49.2 Å². The zero-order chi connectivity index (χ0) is 30.9. The maximum absolute atomic E-state index is 11.7. The Hall–Kier alpha value is -4.42. The normalized spacial score (nSPS) is 14.6. The van der Waals surface area contributed by atoms with Crippen LogP contribution in [0.4, 0.5) is 0 Å². The first-order valence-electron chi connectivity index (χ1n) is 14.5. The van der Waals surface area contributed by atoms with Gasteiger partial charge < -0.3 is 24.2 Å². The van der Waals surface area contributed by atoms with Crippen LogP contribution < -0.4 is 14.2 Å². The van der Waals surface area contributed by atoms with Crippen molar-refractivity contribution in [2.45, 2.75) is 39.1 Å². The number of carbonyl (C=O) groups excluding carboxylic acids is 1. The van der Waals surface area contributed by atoms with Crippen LogP contribution >= 0.6 is 11.6 Å². The lowest BCUT2D eigenvalue weighted by Gasteiger charge is -2.18. The highest BCUT2D eigenvalue weighted by molar-refractivity contribution is 6.32. The van der Waals surface area contributed by atoms with Gasteiger partial charge in [-0.15, -0.1) is 0 Å². The van der Waals surface area contributed by atoms with Crippen molar-refractivity contribution >= 4 is 17.9 Å². The number of hydrogen-bond acceptors (Lipinski definition) is 8. The molecule has 1 aliphatic heterocycles. The number of aldehydes is 1. The second kappa shape index (κ2) is 14.8. The zero-order valence-corrected chi connectivity index (χ0v) is 25.3. The lowest BCUT2D eigenvalue weighted by atomic mass is 9.96. The number of carbonyl (C=O) groups is 1. The molecule has 5 rings (SSSR count). The van der Waals surface area contributed by atoms with Gasteiger partial charge in [-0.05, 0) is 54.7 Å². The Bertz CT molecular complexity index is 1650. The van der Waals surface area contributed by atoms with Crippen molar-refractivity contribution in [3.63, 3.8) is 0 Å². The number of likely N-dealkylation sites (tertiary alicyclic amines) is 1. The Morgan fingerprint density at radius 3 is 2.64 bits per heavy atom. The first kappa shape index (κ1) is 31.0. The number of pyridine rings is 1. The van der Waals surface area contributed by atoms with Gasteiger partial charge in [0.25, 0.3) is 0 Å². The molecule has 1 saturated heterocycles. The van der Waals surface area contributed by atoms with Gasteiger partial charge in [-0.25, -0.2) is 0 Å². The molecule has 1 unspecified atom stereocenters. The molecule has 0 spiro atoms. The summed E-state index contributed by atoms with van der Waals surface area (Å²) in [6.45, 7) is 5.58. The summed E-state index contributed by atoms with van der Waals surface area (Å²) in [5.41, 5.74) is 5.49. The van der Waals surface area contributed by atoms with Crippen molar-refractivity contribution in [1.82, 2.24) is 9.88 Å². The van der Waals surface area contributed by atoms with Crippen molar-refractivity contribution in [2.24, 2.45) is 0 Å². The number of halogens is 1. The Morgan fingerprint density at radius 1 is 1.02 bits per heavy atom. The van der Waals surface area contributed by atoms with Gasteiger partial charge in [0.2, 0.25) is 0 Å². The number of nitriles is 1. The monoisotopic (exact) mass is 611 g/mol. The molecule has 1 aliphatic rings. The second-order valence-corrected chi connectivity index (χ2v) is 11.1. The predicted molar refractivity (Wildman–Crippen MR) is 168 cm³/mol. The third-order valence-corrected chi connectivity index (χ3v) is 7.94. The van der Waals surface area contributed by atoms with E-state index in [2.05, 4.69) is 35.0 Å². The number of para-hydroxylation sites is 1. The van der Waals surface area contributed by atoms with Crippen LogP contribution in [0.2, 0.25) is 5.02 Å². The third kappa shape index (κ3) is 7.74. The highest BCUT2D eigenvalue weighted by Gasteiger charge is 2.19. The van der Waals surface area contributed by atoms with Crippen molar-refractivity contribution in [3.05, 3.63) is 106 Å². The average molecular weight is 612 g/mol. The van der Waals surface area contributed by atoms with E-state index < -0.39 is 0 Å². The summed E-state index contributed by atoms with van der Waals surface area (Å²) in [4.78, 5) is 18.0. The van der Waals surface area contributed by atoms with Crippen molar-refractivity contribution in [3.8, 4) is 34.4 Å². The summed E-state index contributed by atoms with van der Waals surface area (Å²) in [5.74, 6) is 1.52. The number of β-amino-alcohol motifs (C(OH)–C–C–N with tert-alkyl or cyclic N) is 1. The van der Waals surface area contributed by atoms with E-state index in [1.807, 2.05) is 30.3 Å². The molecular weight excluding hydrogens is 578 g/mol. The first-order valence-corrected chi connectivity index (χ1v) is 14.9. The molecule has 2 heterocycles. The van der Waals surface area contributed by atoms with Gasteiger partial charge in [-0.3, -0.25) is 9.78 Å². The predicted octanol–water partition coefficient (Wildman–Crippen LogP) is 6.39. The average Bonchev–Trinajstić information content (AvgIpc) is 3.47. The van der Waals surface area contributed by atoms with Gasteiger partial charge in [0.1, 0.15) is 36.5 Å². The van der Waals surface area contributed by atoms with Crippen LogP contribution in [0.5, 0.6) is 17.2 Å². The summed E-state index contributed by atoms with van der Waals surface area (Å²) in [6, 6.07) is 20.9. The van der Waals surface area contributed by atoms with E-state index in [-0.39, 0.29) is 19.3 Å². The van der Waals surface area contributed by atoms with Crippen molar-refractivity contribution in [2.75, 3.05) is 26.2 Å². The number of rotatable bonds is 13. The van der Waals surface area contributed by atoms with Gasteiger partial charge >= 0.3 is 0 Å². The quantitative estimate of drug-likeness (QED) is 0.137. The molecule has 1 N–H and O–H groups in total.